The van der Waals surface area contributed by atoms with Crippen molar-refractivity contribution in [2.24, 2.45) is 0 Å². The van der Waals surface area contributed by atoms with E-state index in [1.807, 2.05) is 73.8 Å². The first-order valence-corrected chi connectivity index (χ1v) is 14.9. The third-order valence-electron chi connectivity index (χ3n) is 6.36. The summed E-state index contributed by atoms with van der Waals surface area (Å²) < 4.78 is 5.92. The van der Waals surface area contributed by atoms with Crippen molar-refractivity contribution in [3.8, 4) is 21.7 Å². The SMILES string of the molecule is COC(c1ccc(C(=O)NC(CCSC)C(=O)O)c(-c2ccccc2C)c1)c1cnc(-c2ccccc2Cl)s1.[H-].[Li+]. The van der Waals surface area contributed by atoms with Gasteiger partial charge in [-0.25, -0.2) is 9.78 Å². The van der Waals surface area contributed by atoms with Gasteiger partial charge in [0.25, 0.3) is 5.91 Å². The Labute approximate surface area is 261 Å². The van der Waals surface area contributed by atoms with Gasteiger partial charge < -0.3 is 16.6 Å². The van der Waals surface area contributed by atoms with Gasteiger partial charge in [-0.15, -0.1) is 11.3 Å². The van der Waals surface area contributed by atoms with Crippen LogP contribution in [0.5, 0.6) is 0 Å². The van der Waals surface area contributed by atoms with Crippen molar-refractivity contribution in [3.05, 3.63) is 99.5 Å². The predicted molar refractivity (Wildman–Crippen MR) is 161 cm³/mol. The minimum atomic E-state index is -1.05. The number of carbonyl (C=O) groups is 2. The monoisotopic (exact) mass is 588 g/mol. The topological polar surface area (TPSA) is 88.5 Å². The van der Waals surface area contributed by atoms with E-state index in [-0.39, 0.29) is 20.3 Å². The number of nitrogens with zero attached hydrogens (tertiary/aromatic N) is 1. The summed E-state index contributed by atoms with van der Waals surface area (Å²) >= 11 is 9.43. The molecule has 204 valence electrons. The van der Waals surface area contributed by atoms with E-state index in [0.29, 0.717) is 28.3 Å². The molecule has 0 aliphatic carbocycles. The number of aryl methyl sites for hydroxylation is 1. The third kappa shape index (κ3) is 7.38. The zero-order valence-electron chi connectivity index (χ0n) is 23.8. The number of methoxy groups -OCH3 is 1. The summed E-state index contributed by atoms with van der Waals surface area (Å²) in [7, 11) is 1.64. The van der Waals surface area contributed by atoms with Crippen molar-refractivity contribution in [2.75, 3.05) is 19.1 Å². The Hall–Kier alpha value is -2.57. The van der Waals surface area contributed by atoms with E-state index in [1.165, 1.54) is 23.1 Å². The number of thioether (sulfide) groups is 1. The third-order valence-corrected chi connectivity index (χ3v) is 8.41. The summed E-state index contributed by atoms with van der Waals surface area (Å²) in [6.45, 7) is 1.98. The number of aromatic nitrogens is 1. The Kier molecular flexibility index (Phi) is 11.9. The van der Waals surface area contributed by atoms with Crippen LogP contribution in [0, 0.1) is 6.92 Å². The van der Waals surface area contributed by atoms with Crippen LogP contribution in [0.2, 0.25) is 5.02 Å². The van der Waals surface area contributed by atoms with Gasteiger partial charge in [0, 0.05) is 24.4 Å². The smallest absolute Gasteiger partial charge is 1.00 e. The zero-order chi connectivity index (χ0) is 27.9. The van der Waals surface area contributed by atoms with Gasteiger partial charge >= 0.3 is 24.8 Å². The minimum Gasteiger partial charge on any atom is -1.00 e. The number of carboxylic acid groups (broad SMARTS) is 1. The second-order valence-electron chi connectivity index (χ2n) is 8.93. The average Bonchev–Trinajstić information content (AvgIpc) is 3.41. The number of benzene rings is 3. The summed E-state index contributed by atoms with van der Waals surface area (Å²) in [4.78, 5) is 30.7. The van der Waals surface area contributed by atoms with E-state index < -0.39 is 24.0 Å². The fourth-order valence-electron chi connectivity index (χ4n) is 4.33. The molecule has 1 heterocycles. The number of nitrogens with one attached hydrogen (secondary N) is 1. The summed E-state index contributed by atoms with van der Waals surface area (Å²) in [6, 6.07) is 19.9. The number of rotatable bonds is 11. The largest absolute Gasteiger partial charge is 1.00 e. The van der Waals surface area contributed by atoms with Gasteiger partial charge in [0.15, 0.2) is 0 Å². The first kappa shape index (κ1) is 31.9. The van der Waals surface area contributed by atoms with Crippen LogP contribution in [0.25, 0.3) is 21.7 Å². The van der Waals surface area contributed by atoms with Crippen molar-refractivity contribution in [3.63, 3.8) is 0 Å². The van der Waals surface area contributed by atoms with Gasteiger partial charge in [-0.05, 0) is 65.8 Å². The summed E-state index contributed by atoms with van der Waals surface area (Å²) in [5.41, 5.74) is 4.69. The van der Waals surface area contributed by atoms with E-state index in [1.54, 1.807) is 19.4 Å². The minimum absolute atomic E-state index is 0. The molecule has 3 aromatic carbocycles. The predicted octanol–water partition coefficient (Wildman–Crippen LogP) is 4.23. The van der Waals surface area contributed by atoms with Crippen LogP contribution in [0.15, 0.2) is 72.9 Å². The molecule has 4 aromatic rings. The summed E-state index contributed by atoms with van der Waals surface area (Å²) in [6.07, 6.45) is 3.61. The maximum Gasteiger partial charge on any atom is 1.00 e. The molecule has 1 amide bonds. The van der Waals surface area contributed by atoms with Gasteiger partial charge in [0.1, 0.15) is 17.2 Å². The van der Waals surface area contributed by atoms with Crippen molar-refractivity contribution in [2.45, 2.75) is 25.5 Å². The maximum atomic E-state index is 13.4. The number of carbonyl (C=O) groups excluding carboxylic acids is 1. The van der Waals surface area contributed by atoms with Crippen LogP contribution in [0.3, 0.4) is 0 Å². The van der Waals surface area contributed by atoms with Crippen LogP contribution >= 0.6 is 34.7 Å². The second-order valence-corrected chi connectivity index (χ2v) is 11.4. The Balaban J connectivity index is 0.00000294. The van der Waals surface area contributed by atoms with Crippen molar-refractivity contribution < 1.29 is 39.7 Å². The number of ether oxygens (including phenoxy) is 1. The van der Waals surface area contributed by atoms with Crippen molar-refractivity contribution >= 4 is 46.6 Å². The molecular weight excluding hydrogens is 559 g/mol. The number of hydrogen-bond donors (Lipinski definition) is 2. The quantitative estimate of drug-likeness (QED) is 0.255. The molecule has 0 saturated carbocycles. The first-order valence-electron chi connectivity index (χ1n) is 12.3. The van der Waals surface area contributed by atoms with E-state index in [2.05, 4.69) is 10.3 Å². The van der Waals surface area contributed by atoms with Crippen molar-refractivity contribution in [1.29, 1.82) is 0 Å². The fraction of sp³-hybridized carbons (Fsp3) is 0.233. The Morgan fingerprint density at radius 3 is 2.45 bits per heavy atom. The molecule has 0 aliphatic rings. The molecule has 0 aliphatic heterocycles. The Morgan fingerprint density at radius 2 is 1.80 bits per heavy atom. The molecule has 1 aromatic heterocycles. The van der Waals surface area contributed by atoms with E-state index >= 15 is 0 Å². The molecular formula is C30H30ClLiN2O4S2. The molecule has 0 radical (unpaired) electrons. The van der Waals surface area contributed by atoms with E-state index in [9.17, 15) is 14.7 Å². The summed E-state index contributed by atoms with van der Waals surface area (Å²) in [5.74, 6) is -0.854. The van der Waals surface area contributed by atoms with Crippen LogP contribution in [0.1, 0.15) is 40.3 Å². The van der Waals surface area contributed by atoms with Gasteiger partial charge in [0.2, 0.25) is 0 Å². The van der Waals surface area contributed by atoms with Crippen LogP contribution in [-0.2, 0) is 9.53 Å². The van der Waals surface area contributed by atoms with Crippen LogP contribution in [0.4, 0.5) is 0 Å². The van der Waals surface area contributed by atoms with Gasteiger partial charge in [-0.2, -0.15) is 11.8 Å². The first-order chi connectivity index (χ1) is 18.8. The molecule has 2 N–H and O–H groups in total. The number of aliphatic carboxylic acids is 1. The Bertz CT molecular complexity index is 1490. The normalized spacial score (nSPS) is 12.3. The fourth-order valence-corrected chi connectivity index (χ4v) is 6.15. The molecule has 0 saturated heterocycles. The zero-order valence-corrected chi connectivity index (χ0v) is 25.2. The number of hydrogen-bond acceptors (Lipinski definition) is 6. The standard InChI is InChI=1S/C30H29ClN2O4S2.Li.H/c1-18-8-4-5-9-20(18)23-16-19(12-13-21(23)28(34)33-25(30(35)36)14-15-38-3)27(37-2)26-17-32-29(39-26)22-10-6-7-11-24(22)31;;/h4-13,16-17,25,27H,14-15H2,1-3H3,(H,33,34)(H,35,36);;/q;+1;-1. The van der Waals surface area contributed by atoms with Crippen molar-refractivity contribution in [1.82, 2.24) is 10.3 Å². The van der Waals surface area contributed by atoms with Gasteiger partial charge in [-0.3, -0.25) is 4.79 Å². The average molecular weight is 589 g/mol. The number of carboxylic acids is 1. The van der Waals surface area contributed by atoms with Gasteiger partial charge in [0.05, 0.1) is 9.90 Å². The number of halogens is 1. The number of thiazole rings is 1. The molecule has 6 nitrogen and oxygen atoms in total. The molecule has 0 spiro atoms. The van der Waals surface area contributed by atoms with E-state index in [4.69, 9.17) is 16.3 Å². The summed E-state index contributed by atoms with van der Waals surface area (Å²) in [5, 5.41) is 13.8. The van der Waals surface area contributed by atoms with Crippen LogP contribution < -0.4 is 24.2 Å². The van der Waals surface area contributed by atoms with E-state index in [0.717, 1.165) is 32.1 Å². The van der Waals surface area contributed by atoms with Crippen LogP contribution in [-0.4, -0.2) is 47.1 Å². The number of amides is 1. The molecule has 10 heteroatoms. The maximum absolute atomic E-state index is 13.4. The molecule has 4 rings (SSSR count). The Morgan fingerprint density at radius 1 is 1.10 bits per heavy atom. The second kappa shape index (κ2) is 14.9. The molecule has 0 bridgehead atoms. The molecule has 2 unspecified atom stereocenters. The molecule has 40 heavy (non-hydrogen) atoms. The molecule has 0 fully saturated rings. The molecule has 2 atom stereocenters. The van der Waals surface area contributed by atoms with Gasteiger partial charge in [-0.1, -0.05) is 60.1 Å².